The number of benzene rings is 2. The number of carbonyl (C=O) groups excluding carboxylic acids is 1. The Bertz CT molecular complexity index is 840. The largest absolute Gasteiger partial charge is 0.353 e. The Labute approximate surface area is 158 Å². The van der Waals surface area contributed by atoms with E-state index in [0.29, 0.717) is 24.7 Å². The maximum absolute atomic E-state index is 13.1. The molecular formula is C21H23N3O3. The molecule has 4 rings (SSSR count). The lowest BCUT2D eigenvalue weighted by atomic mass is 9.93. The first-order valence-electron chi connectivity index (χ1n) is 9.47. The van der Waals surface area contributed by atoms with Crippen LogP contribution in [0.5, 0.6) is 0 Å². The number of rotatable bonds is 5. The molecular weight excluding hydrogens is 342 g/mol. The van der Waals surface area contributed by atoms with Crippen molar-refractivity contribution in [2.75, 3.05) is 11.4 Å². The Morgan fingerprint density at radius 1 is 1.11 bits per heavy atom. The number of anilines is 1. The fourth-order valence-corrected chi connectivity index (χ4v) is 4.64. The predicted octanol–water partition coefficient (Wildman–Crippen LogP) is 3.52. The first kappa shape index (κ1) is 17.5. The fourth-order valence-electron chi connectivity index (χ4n) is 4.64. The van der Waals surface area contributed by atoms with Crippen LogP contribution in [0.1, 0.15) is 24.8 Å². The van der Waals surface area contributed by atoms with Gasteiger partial charge in [0, 0.05) is 19.2 Å². The number of hydrogen-bond donors (Lipinski definition) is 1. The number of hydrogen-bond acceptors (Lipinski definition) is 4. The lowest BCUT2D eigenvalue weighted by molar-refractivity contribution is -0.384. The van der Waals surface area contributed by atoms with Crippen molar-refractivity contribution >= 4 is 17.3 Å². The van der Waals surface area contributed by atoms with Crippen molar-refractivity contribution in [2.24, 2.45) is 11.8 Å². The van der Waals surface area contributed by atoms with E-state index in [-0.39, 0.29) is 28.5 Å². The van der Waals surface area contributed by atoms with E-state index in [1.54, 1.807) is 18.2 Å². The zero-order chi connectivity index (χ0) is 18.8. The number of nitro groups is 1. The van der Waals surface area contributed by atoms with Crippen molar-refractivity contribution < 1.29 is 9.72 Å². The molecule has 2 fully saturated rings. The highest BCUT2D eigenvalue weighted by Crippen LogP contribution is 2.45. The van der Waals surface area contributed by atoms with Crippen LogP contribution in [0.4, 0.5) is 11.4 Å². The summed E-state index contributed by atoms with van der Waals surface area (Å²) in [6.45, 7) is 1.18. The van der Waals surface area contributed by atoms with Gasteiger partial charge in [0.2, 0.25) is 5.91 Å². The Morgan fingerprint density at radius 2 is 1.85 bits per heavy atom. The summed E-state index contributed by atoms with van der Waals surface area (Å²) >= 11 is 0. The SMILES string of the molecule is O=C(NCc1ccccc1)[C@@H]1[C@H]2CCC[C@H]2CN1c1ccccc1[N+](=O)[O-]. The highest BCUT2D eigenvalue weighted by Gasteiger charge is 2.48. The van der Waals surface area contributed by atoms with Gasteiger partial charge in [-0.25, -0.2) is 0 Å². The number of nitrogens with zero attached hydrogens (tertiary/aromatic N) is 2. The molecule has 0 radical (unpaired) electrons. The number of fused-ring (bicyclic) bond motifs is 1. The van der Waals surface area contributed by atoms with Gasteiger partial charge in [-0.3, -0.25) is 14.9 Å². The third-order valence-corrected chi connectivity index (χ3v) is 5.86. The topological polar surface area (TPSA) is 75.5 Å². The molecule has 140 valence electrons. The van der Waals surface area contributed by atoms with Gasteiger partial charge < -0.3 is 10.2 Å². The minimum Gasteiger partial charge on any atom is -0.353 e. The van der Waals surface area contributed by atoms with E-state index >= 15 is 0 Å². The molecule has 6 nitrogen and oxygen atoms in total. The van der Waals surface area contributed by atoms with Crippen molar-refractivity contribution in [1.82, 2.24) is 5.32 Å². The highest BCUT2D eigenvalue weighted by molar-refractivity contribution is 5.87. The standard InChI is InChI=1S/C21H23N3O3/c25-21(22-13-15-7-2-1-3-8-15)20-17-10-6-9-16(17)14-23(20)18-11-4-5-12-19(18)24(26)27/h1-5,7-8,11-12,16-17,20H,6,9-10,13-14H2,(H,22,25)/t16-,17-,20-/m0/s1. The van der Waals surface area contributed by atoms with Gasteiger partial charge in [0.15, 0.2) is 0 Å². The molecule has 1 N–H and O–H groups in total. The monoisotopic (exact) mass is 365 g/mol. The molecule has 1 aliphatic heterocycles. The lowest BCUT2D eigenvalue weighted by Crippen LogP contribution is -2.46. The molecule has 27 heavy (non-hydrogen) atoms. The molecule has 0 unspecified atom stereocenters. The average Bonchev–Trinajstić information content (AvgIpc) is 3.28. The van der Waals surface area contributed by atoms with E-state index < -0.39 is 0 Å². The van der Waals surface area contributed by atoms with Crippen LogP contribution >= 0.6 is 0 Å². The maximum Gasteiger partial charge on any atom is 0.292 e. The van der Waals surface area contributed by atoms with Crippen LogP contribution in [0, 0.1) is 22.0 Å². The van der Waals surface area contributed by atoms with Crippen LogP contribution in [0.3, 0.4) is 0 Å². The number of nitro benzene ring substituents is 1. The molecule has 1 saturated carbocycles. The highest BCUT2D eigenvalue weighted by atomic mass is 16.6. The van der Waals surface area contributed by atoms with Gasteiger partial charge in [-0.15, -0.1) is 0 Å². The first-order chi connectivity index (χ1) is 13.1. The summed E-state index contributed by atoms with van der Waals surface area (Å²) in [5, 5.41) is 14.5. The normalized spacial score (nSPS) is 23.9. The summed E-state index contributed by atoms with van der Waals surface area (Å²) in [6.07, 6.45) is 3.22. The molecule has 1 aliphatic carbocycles. The Morgan fingerprint density at radius 3 is 2.63 bits per heavy atom. The smallest absolute Gasteiger partial charge is 0.292 e. The van der Waals surface area contributed by atoms with Crippen LogP contribution in [0.25, 0.3) is 0 Å². The lowest BCUT2D eigenvalue weighted by Gasteiger charge is -2.28. The third kappa shape index (κ3) is 3.39. The minimum atomic E-state index is -0.359. The van der Waals surface area contributed by atoms with Crippen LogP contribution in [0.15, 0.2) is 54.6 Å². The molecule has 0 aromatic heterocycles. The van der Waals surface area contributed by atoms with Gasteiger partial charge in [0.1, 0.15) is 11.7 Å². The number of carbonyl (C=O) groups is 1. The first-order valence-corrected chi connectivity index (χ1v) is 9.47. The molecule has 2 aromatic rings. The summed E-state index contributed by atoms with van der Waals surface area (Å²) < 4.78 is 0. The Kier molecular flexibility index (Phi) is 4.79. The van der Waals surface area contributed by atoms with Crippen molar-refractivity contribution in [3.8, 4) is 0 Å². The van der Waals surface area contributed by atoms with E-state index in [1.165, 1.54) is 6.07 Å². The Balaban J connectivity index is 1.59. The van der Waals surface area contributed by atoms with Gasteiger partial charge in [-0.2, -0.15) is 0 Å². The van der Waals surface area contributed by atoms with Crippen molar-refractivity contribution in [3.63, 3.8) is 0 Å². The van der Waals surface area contributed by atoms with E-state index in [9.17, 15) is 14.9 Å². The molecule has 2 aromatic carbocycles. The molecule has 1 amide bonds. The molecule has 2 aliphatic rings. The number of para-hydroxylation sites is 2. The van der Waals surface area contributed by atoms with Gasteiger partial charge >= 0.3 is 0 Å². The zero-order valence-electron chi connectivity index (χ0n) is 15.1. The van der Waals surface area contributed by atoms with E-state index in [4.69, 9.17) is 0 Å². The molecule has 3 atom stereocenters. The van der Waals surface area contributed by atoms with E-state index in [1.807, 2.05) is 35.2 Å². The van der Waals surface area contributed by atoms with Crippen molar-refractivity contribution in [1.29, 1.82) is 0 Å². The molecule has 0 bridgehead atoms. The number of nitrogens with one attached hydrogen (secondary N) is 1. The van der Waals surface area contributed by atoms with E-state index in [2.05, 4.69) is 5.32 Å². The Hall–Kier alpha value is -2.89. The minimum absolute atomic E-state index is 0.0357. The summed E-state index contributed by atoms with van der Waals surface area (Å²) in [7, 11) is 0. The second kappa shape index (κ2) is 7.39. The third-order valence-electron chi connectivity index (χ3n) is 5.86. The van der Waals surface area contributed by atoms with Gasteiger partial charge in [-0.05, 0) is 36.3 Å². The molecule has 6 heteroatoms. The van der Waals surface area contributed by atoms with E-state index in [0.717, 1.165) is 24.8 Å². The van der Waals surface area contributed by atoms with Crippen LogP contribution in [-0.2, 0) is 11.3 Å². The summed E-state index contributed by atoms with van der Waals surface area (Å²) in [6, 6.07) is 16.2. The van der Waals surface area contributed by atoms with Gasteiger partial charge in [0.25, 0.3) is 5.69 Å². The van der Waals surface area contributed by atoms with Crippen LogP contribution < -0.4 is 10.2 Å². The molecule has 0 spiro atoms. The van der Waals surface area contributed by atoms with Crippen LogP contribution in [-0.4, -0.2) is 23.4 Å². The second-order valence-corrected chi connectivity index (χ2v) is 7.40. The summed E-state index contributed by atoms with van der Waals surface area (Å²) in [5.41, 5.74) is 1.67. The second-order valence-electron chi connectivity index (χ2n) is 7.40. The van der Waals surface area contributed by atoms with Gasteiger partial charge in [0.05, 0.1) is 4.92 Å². The predicted molar refractivity (Wildman–Crippen MR) is 103 cm³/mol. The number of amides is 1. The van der Waals surface area contributed by atoms with Gasteiger partial charge in [-0.1, -0.05) is 48.9 Å². The summed E-state index contributed by atoms with van der Waals surface area (Å²) in [4.78, 5) is 26.2. The molecule has 1 heterocycles. The van der Waals surface area contributed by atoms with Crippen molar-refractivity contribution in [2.45, 2.75) is 31.8 Å². The fraction of sp³-hybridized carbons (Fsp3) is 0.381. The zero-order valence-corrected chi connectivity index (χ0v) is 15.1. The summed E-state index contributed by atoms with van der Waals surface area (Å²) in [5.74, 6) is 0.657. The van der Waals surface area contributed by atoms with Crippen molar-refractivity contribution in [3.05, 3.63) is 70.3 Å². The molecule has 1 saturated heterocycles. The van der Waals surface area contributed by atoms with Crippen LogP contribution in [0.2, 0.25) is 0 Å². The quantitative estimate of drug-likeness (QED) is 0.650. The average molecular weight is 365 g/mol. The maximum atomic E-state index is 13.1.